The minimum absolute atomic E-state index is 0.0950. The fraction of sp³-hybridized carbons (Fsp3) is 0.560. The van der Waals surface area contributed by atoms with Crippen LogP contribution >= 0.6 is 0 Å². The van der Waals surface area contributed by atoms with Crippen LogP contribution in [0, 0.1) is 17.8 Å². The van der Waals surface area contributed by atoms with Gasteiger partial charge in [0.05, 0.1) is 12.2 Å². The fourth-order valence-electron chi connectivity index (χ4n) is 4.07. The summed E-state index contributed by atoms with van der Waals surface area (Å²) in [7, 11) is 0. The minimum Gasteiger partial charge on any atom is -0.478 e. The monoisotopic (exact) mass is 446 g/mol. The molecule has 0 radical (unpaired) electrons. The van der Waals surface area contributed by atoms with Gasteiger partial charge in [0.15, 0.2) is 5.60 Å². The molecular formula is C25H34O7. The number of hydrogen-bond acceptors (Lipinski definition) is 6. The van der Waals surface area contributed by atoms with Crippen molar-refractivity contribution in [2.24, 2.45) is 17.8 Å². The standard InChI is InChI=1S/C25H34O7/c1-16(2)9-19(10-17(3)4)12-22(27)31-15-25(14-26)13-21(24(30)32-25)11-18-5-7-20(8-6-18)23(28)29/h5-8,11,16-17,19,26H,9-10,12-15H2,1-4H3,(H,28,29)/b21-11+. The minimum atomic E-state index is -1.30. The lowest BCUT2D eigenvalue weighted by molar-refractivity contribution is -0.166. The first-order valence-electron chi connectivity index (χ1n) is 11.1. The molecule has 7 nitrogen and oxygen atoms in total. The Morgan fingerprint density at radius 3 is 2.22 bits per heavy atom. The van der Waals surface area contributed by atoms with E-state index in [4.69, 9.17) is 14.6 Å². The molecule has 1 aromatic carbocycles. The Morgan fingerprint density at radius 2 is 1.72 bits per heavy atom. The molecule has 32 heavy (non-hydrogen) atoms. The zero-order valence-corrected chi connectivity index (χ0v) is 19.3. The van der Waals surface area contributed by atoms with Crippen molar-refractivity contribution in [1.82, 2.24) is 0 Å². The summed E-state index contributed by atoms with van der Waals surface area (Å²) in [4.78, 5) is 35.8. The summed E-state index contributed by atoms with van der Waals surface area (Å²) >= 11 is 0. The topological polar surface area (TPSA) is 110 Å². The molecule has 1 fully saturated rings. The third-order valence-electron chi connectivity index (χ3n) is 5.43. The first kappa shape index (κ1) is 25.6. The van der Waals surface area contributed by atoms with Gasteiger partial charge in [0.25, 0.3) is 0 Å². The Morgan fingerprint density at radius 1 is 1.12 bits per heavy atom. The molecule has 176 valence electrons. The zero-order valence-electron chi connectivity index (χ0n) is 19.3. The van der Waals surface area contributed by atoms with Gasteiger partial charge in [0.2, 0.25) is 0 Å². The van der Waals surface area contributed by atoms with Gasteiger partial charge < -0.3 is 19.7 Å². The van der Waals surface area contributed by atoms with Gasteiger partial charge in [-0.05, 0) is 54.4 Å². The molecule has 0 amide bonds. The summed E-state index contributed by atoms with van der Waals surface area (Å²) in [5, 5.41) is 18.9. The van der Waals surface area contributed by atoms with E-state index in [0.29, 0.717) is 29.4 Å². The van der Waals surface area contributed by atoms with Gasteiger partial charge in [-0.3, -0.25) is 4.79 Å². The lowest BCUT2D eigenvalue weighted by Gasteiger charge is -2.25. The van der Waals surface area contributed by atoms with E-state index >= 15 is 0 Å². The summed E-state index contributed by atoms with van der Waals surface area (Å²) in [6, 6.07) is 6.07. The summed E-state index contributed by atoms with van der Waals surface area (Å²) in [6.07, 6.45) is 3.85. The number of aliphatic hydroxyl groups excluding tert-OH is 1. The van der Waals surface area contributed by atoms with Crippen molar-refractivity contribution in [2.75, 3.05) is 13.2 Å². The quantitative estimate of drug-likeness (QED) is 0.389. The molecule has 7 heteroatoms. The van der Waals surface area contributed by atoms with Gasteiger partial charge in [-0.25, -0.2) is 9.59 Å². The Bertz CT molecular complexity index is 828. The molecule has 1 unspecified atom stereocenters. The first-order valence-corrected chi connectivity index (χ1v) is 11.1. The van der Waals surface area contributed by atoms with Crippen LogP contribution in [0.4, 0.5) is 0 Å². The number of ether oxygens (including phenoxy) is 2. The summed E-state index contributed by atoms with van der Waals surface area (Å²) in [5.41, 5.74) is -0.190. The molecular weight excluding hydrogens is 412 g/mol. The van der Waals surface area contributed by atoms with E-state index < -0.39 is 24.1 Å². The number of carboxylic acids is 1. The Balaban J connectivity index is 2.01. The maximum atomic E-state index is 12.5. The predicted molar refractivity (Wildman–Crippen MR) is 120 cm³/mol. The van der Waals surface area contributed by atoms with Crippen molar-refractivity contribution in [3.63, 3.8) is 0 Å². The van der Waals surface area contributed by atoms with Crippen molar-refractivity contribution in [3.05, 3.63) is 41.0 Å². The van der Waals surface area contributed by atoms with Crippen molar-refractivity contribution in [3.8, 4) is 0 Å². The number of aromatic carboxylic acids is 1. The van der Waals surface area contributed by atoms with Crippen LogP contribution in [0.15, 0.2) is 29.8 Å². The Labute approximate surface area is 189 Å². The number of esters is 2. The van der Waals surface area contributed by atoms with Crippen LogP contribution in [0.25, 0.3) is 6.08 Å². The lowest BCUT2D eigenvalue weighted by Crippen LogP contribution is -2.39. The Kier molecular flexibility index (Phi) is 9.01. The lowest BCUT2D eigenvalue weighted by atomic mass is 9.87. The number of carbonyl (C=O) groups is 3. The van der Waals surface area contributed by atoms with E-state index in [0.717, 1.165) is 12.8 Å². The van der Waals surface area contributed by atoms with Crippen molar-refractivity contribution in [2.45, 2.75) is 59.0 Å². The predicted octanol–water partition coefficient (Wildman–Crippen LogP) is 4.09. The van der Waals surface area contributed by atoms with Gasteiger partial charge in [-0.15, -0.1) is 0 Å². The highest BCUT2D eigenvalue weighted by Gasteiger charge is 2.44. The van der Waals surface area contributed by atoms with Crippen LogP contribution in [-0.2, 0) is 19.1 Å². The average molecular weight is 447 g/mol. The molecule has 1 aromatic rings. The van der Waals surface area contributed by atoms with Crippen LogP contribution < -0.4 is 0 Å². The molecule has 0 spiro atoms. The molecule has 0 aliphatic carbocycles. The number of hydrogen-bond donors (Lipinski definition) is 2. The van der Waals surface area contributed by atoms with Crippen molar-refractivity contribution in [1.29, 1.82) is 0 Å². The van der Waals surface area contributed by atoms with Crippen LogP contribution in [0.5, 0.6) is 0 Å². The third-order valence-corrected chi connectivity index (χ3v) is 5.43. The van der Waals surface area contributed by atoms with Gasteiger partial charge in [0, 0.05) is 18.4 Å². The third kappa shape index (κ3) is 7.48. The highest BCUT2D eigenvalue weighted by atomic mass is 16.6. The van der Waals surface area contributed by atoms with Crippen LogP contribution in [0.2, 0.25) is 0 Å². The average Bonchev–Trinajstić information content (AvgIpc) is 3.02. The van der Waals surface area contributed by atoms with Crippen molar-refractivity contribution < 1.29 is 34.1 Å². The van der Waals surface area contributed by atoms with Gasteiger partial charge >= 0.3 is 17.9 Å². The van der Waals surface area contributed by atoms with E-state index in [-0.39, 0.29) is 30.5 Å². The smallest absolute Gasteiger partial charge is 0.335 e. The van der Waals surface area contributed by atoms with Gasteiger partial charge in [-0.1, -0.05) is 39.8 Å². The maximum absolute atomic E-state index is 12.5. The van der Waals surface area contributed by atoms with E-state index in [9.17, 15) is 19.5 Å². The van der Waals surface area contributed by atoms with Gasteiger partial charge in [0.1, 0.15) is 6.61 Å². The first-order chi connectivity index (χ1) is 15.0. The normalized spacial score (nSPS) is 19.8. The largest absolute Gasteiger partial charge is 0.478 e. The summed E-state index contributed by atoms with van der Waals surface area (Å²) in [6.45, 7) is 7.82. The second kappa shape index (κ2) is 11.3. The molecule has 1 aliphatic heterocycles. The maximum Gasteiger partial charge on any atom is 0.335 e. The Hall–Kier alpha value is -2.67. The highest BCUT2D eigenvalue weighted by Crippen LogP contribution is 2.33. The number of rotatable bonds is 11. The molecule has 1 saturated heterocycles. The molecule has 0 bridgehead atoms. The van der Waals surface area contributed by atoms with Crippen LogP contribution in [0.3, 0.4) is 0 Å². The SMILES string of the molecule is CC(C)CC(CC(=O)OCC1(CO)C/C(=C\c2ccc(C(=O)O)cc2)C(=O)O1)CC(C)C. The van der Waals surface area contributed by atoms with Crippen molar-refractivity contribution >= 4 is 24.0 Å². The second-order valence-corrected chi connectivity index (χ2v) is 9.49. The number of benzene rings is 1. The van der Waals surface area contributed by atoms with Crippen LogP contribution in [-0.4, -0.2) is 46.9 Å². The van der Waals surface area contributed by atoms with E-state index in [1.807, 2.05) is 0 Å². The highest BCUT2D eigenvalue weighted by molar-refractivity contribution is 5.96. The molecule has 1 heterocycles. The van der Waals surface area contributed by atoms with Crippen LogP contribution in [0.1, 0.15) is 69.3 Å². The molecule has 2 N–H and O–H groups in total. The fourth-order valence-corrected chi connectivity index (χ4v) is 4.07. The van der Waals surface area contributed by atoms with E-state index in [1.165, 1.54) is 12.1 Å². The molecule has 0 saturated carbocycles. The molecule has 1 aliphatic rings. The molecule has 0 aromatic heterocycles. The summed E-state index contributed by atoms with van der Waals surface area (Å²) in [5.74, 6) is -0.805. The summed E-state index contributed by atoms with van der Waals surface area (Å²) < 4.78 is 10.8. The van der Waals surface area contributed by atoms with E-state index in [1.54, 1.807) is 18.2 Å². The zero-order chi connectivity index (χ0) is 23.9. The number of aliphatic hydroxyl groups is 1. The number of carbonyl (C=O) groups excluding carboxylic acids is 2. The molecule has 2 rings (SSSR count). The molecule has 1 atom stereocenters. The van der Waals surface area contributed by atoms with Gasteiger partial charge in [-0.2, -0.15) is 0 Å². The number of cyclic esters (lactones) is 1. The van der Waals surface area contributed by atoms with E-state index in [2.05, 4.69) is 27.7 Å². The number of carboxylic acid groups (broad SMARTS) is 1. The second-order valence-electron chi connectivity index (χ2n) is 9.49.